The summed E-state index contributed by atoms with van der Waals surface area (Å²) in [5, 5.41) is 15.2. The number of amides is 2. The maximum absolute atomic E-state index is 12.8. The van der Waals surface area contributed by atoms with Gasteiger partial charge in [0.25, 0.3) is 5.91 Å². The summed E-state index contributed by atoms with van der Waals surface area (Å²) in [6.07, 6.45) is 0. The molecule has 2 N–H and O–H groups in total. The summed E-state index contributed by atoms with van der Waals surface area (Å²) in [4.78, 5) is 25.5. The van der Waals surface area contributed by atoms with Crippen LogP contribution in [0, 0.1) is 27.7 Å². The van der Waals surface area contributed by atoms with E-state index in [1.807, 2.05) is 68.7 Å². The molecule has 0 atom stereocenters. The number of anilines is 1. The molecule has 4 aromatic rings. The summed E-state index contributed by atoms with van der Waals surface area (Å²) in [5.41, 5.74) is 6.55. The van der Waals surface area contributed by atoms with E-state index in [1.54, 1.807) is 31.4 Å². The topological polar surface area (TPSA) is 98.1 Å². The van der Waals surface area contributed by atoms with Crippen molar-refractivity contribution in [1.82, 2.24) is 20.1 Å². The van der Waals surface area contributed by atoms with Gasteiger partial charge < -0.3 is 15.4 Å². The molecule has 2 amide bonds. The molecule has 4 rings (SSSR count). The van der Waals surface area contributed by atoms with Gasteiger partial charge in [0.05, 0.1) is 25.1 Å². The fraction of sp³-hybridized carbons (Fsp3) is 0.241. The molecule has 3 aromatic carbocycles. The highest BCUT2D eigenvalue weighted by Gasteiger charge is 2.19. The normalized spacial score (nSPS) is 10.8. The fourth-order valence-corrected chi connectivity index (χ4v) is 4.77. The van der Waals surface area contributed by atoms with E-state index >= 15 is 0 Å². The number of thioether (sulfide) groups is 1. The number of hydrogen-bond acceptors (Lipinski definition) is 6. The summed E-state index contributed by atoms with van der Waals surface area (Å²) in [6, 6.07) is 18.8. The smallest absolute Gasteiger partial charge is 0.251 e. The predicted molar refractivity (Wildman–Crippen MR) is 150 cm³/mol. The minimum atomic E-state index is -0.231. The Bertz CT molecular complexity index is 1460. The first kappa shape index (κ1) is 26.9. The van der Waals surface area contributed by atoms with Crippen molar-refractivity contribution in [3.8, 4) is 11.4 Å². The van der Waals surface area contributed by atoms with Crippen LogP contribution < -0.4 is 15.4 Å². The zero-order valence-corrected chi connectivity index (χ0v) is 23.0. The van der Waals surface area contributed by atoms with Crippen molar-refractivity contribution >= 4 is 29.3 Å². The molecular weight excluding hydrogens is 498 g/mol. The largest absolute Gasteiger partial charge is 0.497 e. The average Bonchev–Trinajstić information content (AvgIpc) is 3.31. The van der Waals surface area contributed by atoms with Crippen molar-refractivity contribution in [3.05, 3.63) is 94.3 Å². The van der Waals surface area contributed by atoms with Gasteiger partial charge in [-0.25, -0.2) is 0 Å². The number of carbonyl (C=O) groups is 2. The molecule has 0 spiro atoms. The highest BCUT2D eigenvalue weighted by atomic mass is 32.2. The van der Waals surface area contributed by atoms with E-state index in [0.29, 0.717) is 22.3 Å². The van der Waals surface area contributed by atoms with Crippen LogP contribution in [0.4, 0.5) is 5.69 Å². The number of rotatable bonds is 9. The van der Waals surface area contributed by atoms with Gasteiger partial charge in [-0.15, -0.1) is 10.2 Å². The van der Waals surface area contributed by atoms with Crippen LogP contribution in [0.2, 0.25) is 0 Å². The van der Waals surface area contributed by atoms with Crippen LogP contribution in [0.5, 0.6) is 5.75 Å². The van der Waals surface area contributed by atoms with Crippen molar-refractivity contribution in [2.45, 2.75) is 39.4 Å². The highest BCUT2D eigenvalue weighted by Crippen LogP contribution is 2.26. The summed E-state index contributed by atoms with van der Waals surface area (Å²) in [5.74, 6) is 1.04. The molecule has 0 aliphatic rings. The Kier molecular flexibility index (Phi) is 8.48. The van der Waals surface area contributed by atoms with E-state index in [1.165, 1.54) is 11.8 Å². The van der Waals surface area contributed by atoms with Crippen LogP contribution in [-0.4, -0.2) is 39.4 Å². The monoisotopic (exact) mass is 529 g/mol. The van der Waals surface area contributed by atoms with Crippen molar-refractivity contribution in [1.29, 1.82) is 0 Å². The molecule has 0 saturated heterocycles. The second kappa shape index (κ2) is 12.0. The molecule has 1 aromatic heterocycles. The van der Waals surface area contributed by atoms with E-state index in [9.17, 15) is 9.59 Å². The molecular formula is C29H31N5O3S. The average molecular weight is 530 g/mol. The summed E-state index contributed by atoms with van der Waals surface area (Å²) in [6.45, 7) is 8.23. The molecule has 0 unspecified atom stereocenters. The molecule has 0 radical (unpaired) electrons. The van der Waals surface area contributed by atoms with Crippen LogP contribution in [0.25, 0.3) is 5.69 Å². The van der Waals surface area contributed by atoms with Crippen molar-refractivity contribution in [2.24, 2.45) is 0 Å². The SMILES string of the molecule is COc1ccc(C(=O)NCc2nnc(SCC(=O)Nc3ccc(C)cc3C)n2-c2cccc(C)c2C)cc1. The molecule has 0 bridgehead atoms. The van der Waals surface area contributed by atoms with Crippen molar-refractivity contribution in [3.63, 3.8) is 0 Å². The van der Waals surface area contributed by atoms with E-state index < -0.39 is 0 Å². The number of nitrogens with zero attached hydrogens (tertiary/aromatic N) is 3. The molecule has 0 fully saturated rings. The Morgan fingerprint density at radius 3 is 2.42 bits per heavy atom. The Labute approximate surface area is 226 Å². The quantitative estimate of drug-likeness (QED) is 0.290. The summed E-state index contributed by atoms with van der Waals surface area (Å²) < 4.78 is 7.07. The number of aromatic nitrogens is 3. The van der Waals surface area contributed by atoms with Crippen LogP contribution in [0.1, 0.15) is 38.4 Å². The maximum atomic E-state index is 12.8. The fourth-order valence-electron chi connectivity index (χ4n) is 4.00. The first-order chi connectivity index (χ1) is 18.3. The number of ether oxygens (including phenoxy) is 1. The lowest BCUT2D eigenvalue weighted by Crippen LogP contribution is -2.24. The molecule has 0 saturated carbocycles. The second-order valence-corrected chi connectivity index (χ2v) is 9.96. The van der Waals surface area contributed by atoms with Crippen molar-refractivity contribution < 1.29 is 14.3 Å². The van der Waals surface area contributed by atoms with Gasteiger partial charge in [0, 0.05) is 11.3 Å². The highest BCUT2D eigenvalue weighted by molar-refractivity contribution is 7.99. The lowest BCUT2D eigenvalue weighted by Gasteiger charge is -2.15. The minimum Gasteiger partial charge on any atom is -0.497 e. The van der Waals surface area contributed by atoms with Crippen LogP contribution in [0.3, 0.4) is 0 Å². The lowest BCUT2D eigenvalue weighted by atomic mass is 10.1. The first-order valence-corrected chi connectivity index (χ1v) is 13.2. The third-order valence-electron chi connectivity index (χ3n) is 6.26. The molecule has 0 aliphatic carbocycles. The lowest BCUT2D eigenvalue weighted by molar-refractivity contribution is -0.113. The summed E-state index contributed by atoms with van der Waals surface area (Å²) >= 11 is 1.30. The van der Waals surface area contributed by atoms with Gasteiger partial charge >= 0.3 is 0 Å². The molecule has 9 heteroatoms. The number of methoxy groups -OCH3 is 1. The van der Waals surface area contributed by atoms with E-state index in [0.717, 1.165) is 33.6 Å². The van der Waals surface area contributed by atoms with E-state index in [2.05, 4.69) is 20.8 Å². The van der Waals surface area contributed by atoms with Crippen LogP contribution >= 0.6 is 11.8 Å². The number of hydrogen-bond donors (Lipinski definition) is 2. The second-order valence-electron chi connectivity index (χ2n) is 9.02. The van der Waals surface area contributed by atoms with Gasteiger partial charge in [-0.3, -0.25) is 14.2 Å². The number of aryl methyl sites for hydroxylation is 3. The third-order valence-corrected chi connectivity index (χ3v) is 7.19. The number of benzene rings is 3. The molecule has 38 heavy (non-hydrogen) atoms. The zero-order chi connectivity index (χ0) is 27.2. The third kappa shape index (κ3) is 6.23. The predicted octanol–water partition coefficient (Wildman–Crippen LogP) is 5.17. The number of carbonyl (C=O) groups excluding carboxylic acids is 2. The Balaban J connectivity index is 1.53. The van der Waals surface area contributed by atoms with E-state index in [-0.39, 0.29) is 24.1 Å². The van der Waals surface area contributed by atoms with Crippen LogP contribution in [-0.2, 0) is 11.3 Å². The maximum Gasteiger partial charge on any atom is 0.251 e. The van der Waals surface area contributed by atoms with Gasteiger partial charge in [0.15, 0.2) is 11.0 Å². The Morgan fingerprint density at radius 2 is 1.71 bits per heavy atom. The molecule has 196 valence electrons. The Morgan fingerprint density at radius 1 is 0.947 bits per heavy atom. The molecule has 1 heterocycles. The Hall–Kier alpha value is -4.11. The van der Waals surface area contributed by atoms with Gasteiger partial charge in [-0.05, 0) is 80.8 Å². The number of nitrogens with one attached hydrogen (secondary N) is 2. The summed E-state index contributed by atoms with van der Waals surface area (Å²) in [7, 11) is 1.58. The molecule has 0 aliphatic heterocycles. The van der Waals surface area contributed by atoms with Crippen LogP contribution in [0.15, 0.2) is 65.8 Å². The minimum absolute atomic E-state index is 0.133. The van der Waals surface area contributed by atoms with Gasteiger partial charge in [-0.2, -0.15) is 0 Å². The standard InChI is InChI=1S/C29H31N5O3S/c1-18-9-14-24(20(3)15-18)31-27(35)17-38-29-33-32-26(34(29)25-8-6-7-19(2)21(25)4)16-30-28(36)22-10-12-23(37-5)13-11-22/h6-15H,16-17H2,1-5H3,(H,30,36)(H,31,35). The first-order valence-electron chi connectivity index (χ1n) is 12.2. The zero-order valence-electron chi connectivity index (χ0n) is 22.2. The van der Waals surface area contributed by atoms with E-state index in [4.69, 9.17) is 4.74 Å². The van der Waals surface area contributed by atoms with Gasteiger partial charge in [0.1, 0.15) is 5.75 Å². The van der Waals surface area contributed by atoms with Gasteiger partial charge in [0.2, 0.25) is 5.91 Å². The van der Waals surface area contributed by atoms with Gasteiger partial charge in [-0.1, -0.05) is 41.6 Å². The van der Waals surface area contributed by atoms with Crippen molar-refractivity contribution in [2.75, 3.05) is 18.2 Å². The molecule has 8 nitrogen and oxygen atoms in total.